The molecule has 18 heavy (non-hydrogen) atoms. The lowest BCUT2D eigenvalue weighted by Crippen LogP contribution is -1.98. The number of aromatic hydroxyl groups is 1. The Bertz CT molecular complexity index is 582. The lowest BCUT2D eigenvalue weighted by molar-refractivity contribution is 0.305. The van der Waals surface area contributed by atoms with Crippen LogP contribution in [0.15, 0.2) is 42.5 Å². The molecular weight excluding hydrogens is 226 g/mol. The first-order valence-electron chi connectivity index (χ1n) is 5.60. The number of hydrogen-bond donors (Lipinski definition) is 1. The molecule has 0 atom stereocenters. The van der Waals surface area contributed by atoms with Crippen LogP contribution in [0, 0.1) is 18.3 Å². The van der Waals surface area contributed by atoms with Gasteiger partial charge in [0.25, 0.3) is 0 Å². The van der Waals surface area contributed by atoms with Crippen molar-refractivity contribution in [2.75, 3.05) is 0 Å². The number of rotatable bonds is 3. The molecule has 0 fully saturated rings. The van der Waals surface area contributed by atoms with E-state index in [1.807, 2.05) is 19.1 Å². The van der Waals surface area contributed by atoms with E-state index in [2.05, 4.69) is 6.07 Å². The van der Waals surface area contributed by atoms with E-state index in [-0.39, 0.29) is 5.75 Å². The molecule has 0 saturated carbocycles. The van der Waals surface area contributed by atoms with Crippen LogP contribution in [0.25, 0.3) is 0 Å². The second kappa shape index (κ2) is 5.24. The van der Waals surface area contributed by atoms with Gasteiger partial charge in [0.2, 0.25) is 0 Å². The van der Waals surface area contributed by atoms with E-state index in [1.54, 1.807) is 30.3 Å². The zero-order valence-corrected chi connectivity index (χ0v) is 10.1. The summed E-state index contributed by atoms with van der Waals surface area (Å²) in [5.74, 6) is 0.925. The highest BCUT2D eigenvalue weighted by Crippen LogP contribution is 2.18. The third-order valence-corrected chi connectivity index (χ3v) is 2.70. The number of aryl methyl sites for hydroxylation is 1. The van der Waals surface area contributed by atoms with Crippen LogP contribution < -0.4 is 4.74 Å². The summed E-state index contributed by atoms with van der Waals surface area (Å²) in [6.45, 7) is 2.40. The first-order valence-corrected chi connectivity index (χ1v) is 5.60. The molecule has 0 bridgehead atoms. The van der Waals surface area contributed by atoms with E-state index in [9.17, 15) is 0 Å². The zero-order chi connectivity index (χ0) is 13.0. The highest BCUT2D eigenvalue weighted by Gasteiger charge is 2.01. The minimum absolute atomic E-state index is 0.219. The number of benzene rings is 2. The first kappa shape index (κ1) is 12.0. The molecule has 0 radical (unpaired) electrons. The monoisotopic (exact) mass is 239 g/mol. The summed E-state index contributed by atoms with van der Waals surface area (Å²) in [5, 5.41) is 17.9. The normalized spacial score (nSPS) is 9.78. The maximum atomic E-state index is 9.16. The average Bonchev–Trinajstić information content (AvgIpc) is 2.39. The van der Waals surface area contributed by atoms with Gasteiger partial charge in [0, 0.05) is 0 Å². The minimum atomic E-state index is 0.219. The summed E-state index contributed by atoms with van der Waals surface area (Å²) in [4.78, 5) is 0. The van der Waals surface area contributed by atoms with Gasteiger partial charge in [-0.15, -0.1) is 0 Å². The number of ether oxygens (including phenoxy) is 1. The quantitative estimate of drug-likeness (QED) is 0.895. The lowest BCUT2D eigenvalue weighted by atomic mass is 10.1. The molecule has 0 aromatic heterocycles. The second-order valence-corrected chi connectivity index (χ2v) is 4.04. The van der Waals surface area contributed by atoms with Gasteiger partial charge in [-0.1, -0.05) is 6.07 Å². The molecule has 90 valence electrons. The van der Waals surface area contributed by atoms with Gasteiger partial charge < -0.3 is 9.84 Å². The fourth-order valence-electron chi connectivity index (χ4n) is 1.63. The van der Waals surface area contributed by atoms with E-state index in [0.717, 1.165) is 11.1 Å². The third-order valence-electron chi connectivity index (χ3n) is 2.70. The Kier molecular flexibility index (Phi) is 3.49. The number of phenols is 1. The van der Waals surface area contributed by atoms with Gasteiger partial charge >= 0.3 is 0 Å². The summed E-state index contributed by atoms with van der Waals surface area (Å²) in [6.07, 6.45) is 0. The number of nitrogens with zero attached hydrogens (tertiary/aromatic N) is 1. The number of nitriles is 1. The van der Waals surface area contributed by atoms with Crippen molar-refractivity contribution in [1.82, 2.24) is 0 Å². The smallest absolute Gasteiger partial charge is 0.120 e. The summed E-state index contributed by atoms with van der Waals surface area (Å²) >= 11 is 0. The molecule has 3 nitrogen and oxygen atoms in total. The summed E-state index contributed by atoms with van der Waals surface area (Å²) in [6, 6.07) is 14.2. The summed E-state index contributed by atoms with van der Waals surface area (Å²) in [5.41, 5.74) is 2.73. The molecule has 2 aromatic carbocycles. The van der Waals surface area contributed by atoms with E-state index < -0.39 is 0 Å². The molecule has 3 heteroatoms. The van der Waals surface area contributed by atoms with Crippen molar-refractivity contribution in [3.05, 3.63) is 59.2 Å². The van der Waals surface area contributed by atoms with Crippen LogP contribution in [-0.2, 0) is 6.61 Å². The van der Waals surface area contributed by atoms with Crippen molar-refractivity contribution in [3.63, 3.8) is 0 Å². The second-order valence-electron chi connectivity index (χ2n) is 4.04. The number of hydrogen-bond acceptors (Lipinski definition) is 3. The lowest BCUT2D eigenvalue weighted by Gasteiger charge is -2.09. The molecule has 0 heterocycles. The van der Waals surface area contributed by atoms with Crippen molar-refractivity contribution < 1.29 is 9.84 Å². The Balaban J connectivity index is 2.06. The molecule has 0 aliphatic carbocycles. The Morgan fingerprint density at radius 3 is 2.50 bits per heavy atom. The highest BCUT2D eigenvalue weighted by atomic mass is 16.5. The van der Waals surface area contributed by atoms with Gasteiger partial charge in [-0.05, 0) is 54.4 Å². The van der Waals surface area contributed by atoms with E-state index in [1.165, 1.54) is 0 Å². The molecule has 0 spiro atoms. The molecule has 1 N–H and O–H groups in total. The van der Waals surface area contributed by atoms with Crippen molar-refractivity contribution >= 4 is 0 Å². The average molecular weight is 239 g/mol. The Hall–Kier alpha value is -2.47. The highest BCUT2D eigenvalue weighted by molar-refractivity contribution is 5.37. The van der Waals surface area contributed by atoms with Crippen LogP contribution in [0.2, 0.25) is 0 Å². The molecule has 0 saturated heterocycles. The molecule has 2 aromatic rings. The zero-order valence-electron chi connectivity index (χ0n) is 10.1. The third kappa shape index (κ3) is 2.80. The fraction of sp³-hybridized carbons (Fsp3) is 0.133. The fourth-order valence-corrected chi connectivity index (χ4v) is 1.63. The Morgan fingerprint density at radius 1 is 1.17 bits per heavy atom. The van der Waals surface area contributed by atoms with Crippen molar-refractivity contribution in [2.45, 2.75) is 13.5 Å². The van der Waals surface area contributed by atoms with Gasteiger partial charge in [0.15, 0.2) is 0 Å². The van der Waals surface area contributed by atoms with Crippen molar-refractivity contribution in [1.29, 1.82) is 5.26 Å². The van der Waals surface area contributed by atoms with Gasteiger partial charge in [-0.3, -0.25) is 0 Å². The SMILES string of the molecule is Cc1cc(C#N)ccc1COc1ccc(O)cc1. The first-order chi connectivity index (χ1) is 8.69. The van der Waals surface area contributed by atoms with Crippen LogP contribution in [0.5, 0.6) is 11.5 Å². The standard InChI is InChI=1S/C15H13NO2/c1-11-8-12(9-16)2-3-13(11)10-18-15-6-4-14(17)5-7-15/h2-8,17H,10H2,1H3. The van der Waals surface area contributed by atoms with Crippen LogP contribution in [0.1, 0.15) is 16.7 Å². The topological polar surface area (TPSA) is 53.2 Å². The van der Waals surface area contributed by atoms with Gasteiger partial charge in [0.1, 0.15) is 18.1 Å². The largest absolute Gasteiger partial charge is 0.508 e. The Labute approximate surface area is 106 Å². The molecule has 0 amide bonds. The van der Waals surface area contributed by atoms with E-state index in [4.69, 9.17) is 15.1 Å². The number of phenolic OH excluding ortho intramolecular Hbond substituents is 1. The maximum Gasteiger partial charge on any atom is 0.120 e. The minimum Gasteiger partial charge on any atom is -0.508 e. The summed E-state index contributed by atoms with van der Waals surface area (Å²) < 4.78 is 5.61. The van der Waals surface area contributed by atoms with Gasteiger partial charge in [-0.2, -0.15) is 5.26 Å². The van der Waals surface area contributed by atoms with E-state index >= 15 is 0 Å². The van der Waals surface area contributed by atoms with E-state index in [0.29, 0.717) is 17.9 Å². The van der Waals surface area contributed by atoms with Crippen LogP contribution in [0.4, 0.5) is 0 Å². The summed E-state index contributed by atoms with van der Waals surface area (Å²) in [7, 11) is 0. The Morgan fingerprint density at radius 2 is 1.89 bits per heavy atom. The van der Waals surface area contributed by atoms with Crippen LogP contribution >= 0.6 is 0 Å². The molecule has 0 unspecified atom stereocenters. The predicted molar refractivity (Wildman–Crippen MR) is 68.3 cm³/mol. The predicted octanol–water partition coefficient (Wildman–Crippen LogP) is 3.15. The van der Waals surface area contributed by atoms with Gasteiger partial charge in [0.05, 0.1) is 11.6 Å². The van der Waals surface area contributed by atoms with Crippen LogP contribution in [0.3, 0.4) is 0 Å². The molecular formula is C15H13NO2. The maximum absolute atomic E-state index is 9.16. The van der Waals surface area contributed by atoms with Crippen molar-refractivity contribution in [2.24, 2.45) is 0 Å². The molecule has 2 rings (SSSR count). The van der Waals surface area contributed by atoms with Gasteiger partial charge in [-0.25, -0.2) is 0 Å². The van der Waals surface area contributed by atoms with Crippen LogP contribution in [-0.4, -0.2) is 5.11 Å². The molecule has 0 aliphatic heterocycles. The van der Waals surface area contributed by atoms with Crippen molar-refractivity contribution in [3.8, 4) is 17.6 Å². The molecule has 0 aliphatic rings.